The molecule has 90 valence electrons. The van der Waals surface area contributed by atoms with Crippen molar-refractivity contribution in [3.8, 4) is 11.5 Å². The van der Waals surface area contributed by atoms with Crippen molar-refractivity contribution in [3.63, 3.8) is 0 Å². The third-order valence-corrected chi connectivity index (χ3v) is 3.13. The first-order valence-electron chi connectivity index (χ1n) is 5.38. The first kappa shape index (κ1) is 13.2. The number of rotatable bonds is 5. The van der Waals surface area contributed by atoms with Gasteiger partial charge in [0, 0.05) is 0 Å². The molecule has 16 heavy (non-hydrogen) atoms. The predicted octanol–water partition coefficient (Wildman–Crippen LogP) is 3.30. The van der Waals surface area contributed by atoms with Crippen molar-refractivity contribution in [2.75, 3.05) is 20.0 Å². The summed E-state index contributed by atoms with van der Waals surface area (Å²) in [6, 6.07) is 6.08. The van der Waals surface area contributed by atoms with Gasteiger partial charge in [0.15, 0.2) is 11.5 Å². The molecule has 0 aromatic heterocycles. The summed E-state index contributed by atoms with van der Waals surface area (Å²) < 4.78 is 10.5. The Hall–Kier alpha value is -0.830. The topological polar surface area (TPSA) is 18.5 Å². The van der Waals surface area contributed by atoms with Crippen LogP contribution in [0, 0.1) is 0 Å². The second kappa shape index (κ2) is 5.48. The summed E-state index contributed by atoms with van der Waals surface area (Å²) in [5.41, 5.74) is 1.36. The molecule has 2 nitrogen and oxygen atoms in total. The van der Waals surface area contributed by atoms with E-state index in [1.165, 1.54) is 5.56 Å². The molecular weight excluding hydrogens is 220 g/mol. The number of methoxy groups -OCH3 is 2. The van der Waals surface area contributed by atoms with Crippen molar-refractivity contribution < 1.29 is 9.47 Å². The minimum Gasteiger partial charge on any atom is -0.493 e. The average Bonchev–Trinajstić information content (AvgIpc) is 2.28. The summed E-state index contributed by atoms with van der Waals surface area (Å²) in [6.07, 6.45) is 1.03. The number of benzene rings is 1. The van der Waals surface area contributed by atoms with Crippen LogP contribution in [0.4, 0.5) is 0 Å². The van der Waals surface area contributed by atoms with Crippen LogP contribution >= 0.6 is 12.6 Å². The van der Waals surface area contributed by atoms with E-state index >= 15 is 0 Å². The fourth-order valence-electron chi connectivity index (χ4n) is 1.68. The first-order chi connectivity index (χ1) is 7.55. The Balaban J connectivity index is 3.07. The molecule has 1 rings (SSSR count). The highest BCUT2D eigenvalue weighted by Crippen LogP contribution is 2.34. The van der Waals surface area contributed by atoms with Crippen molar-refractivity contribution in [1.82, 2.24) is 0 Å². The molecule has 0 aliphatic carbocycles. The Kier molecular flexibility index (Phi) is 4.54. The minimum absolute atomic E-state index is 0.112. The van der Waals surface area contributed by atoms with E-state index < -0.39 is 0 Å². The normalized spacial score (nSPS) is 11.3. The van der Waals surface area contributed by atoms with Crippen LogP contribution in [0.2, 0.25) is 0 Å². The number of hydrogen-bond acceptors (Lipinski definition) is 3. The molecule has 0 fully saturated rings. The number of thiol groups is 1. The van der Waals surface area contributed by atoms with E-state index in [9.17, 15) is 0 Å². The third kappa shape index (κ3) is 2.85. The smallest absolute Gasteiger partial charge is 0.161 e. The van der Waals surface area contributed by atoms with Crippen LogP contribution in [0.15, 0.2) is 18.2 Å². The largest absolute Gasteiger partial charge is 0.493 e. The second-order valence-corrected chi connectivity index (χ2v) is 4.87. The van der Waals surface area contributed by atoms with E-state index in [1.54, 1.807) is 14.2 Å². The minimum atomic E-state index is 0.112. The highest BCUT2D eigenvalue weighted by atomic mass is 32.1. The van der Waals surface area contributed by atoms with Gasteiger partial charge < -0.3 is 9.47 Å². The molecule has 0 atom stereocenters. The molecule has 1 aromatic carbocycles. The fourth-order valence-corrected chi connectivity index (χ4v) is 2.24. The van der Waals surface area contributed by atoms with Gasteiger partial charge in [-0.3, -0.25) is 0 Å². The SMILES string of the molecule is COc1ccc(C(C)(C)CCS)cc1OC. The van der Waals surface area contributed by atoms with Crippen molar-refractivity contribution >= 4 is 12.6 Å². The lowest BCUT2D eigenvalue weighted by atomic mass is 9.82. The molecule has 0 heterocycles. The Bertz CT molecular complexity index is 348. The van der Waals surface area contributed by atoms with Crippen LogP contribution in [-0.4, -0.2) is 20.0 Å². The fraction of sp³-hybridized carbons (Fsp3) is 0.538. The van der Waals surface area contributed by atoms with Gasteiger partial charge in [-0.2, -0.15) is 12.6 Å². The summed E-state index contributed by atoms with van der Waals surface area (Å²) in [4.78, 5) is 0. The van der Waals surface area contributed by atoms with Crippen molar-refractivity contribution in [2.24, 2.45) is 0 Å². The lowest BCUT2D eigenvalue weighted by molar-refractivity contribution is 0.353. The molecule has 0 N–H and O–H groups in total. The Morgan fingerprint density at radius 2 is 1.75 bits per heavy atom. The standard InChI is InChI=1S/C13H20O2S/c1-13(2,7-8-16)10-5-6-11(14-3)12(9-10)15-4/h5-6,9,16H,7-8H2,1-4H3. The van der Waals surface area contributed by atoms with E-state index in [0.717, 1.165) is 23.7 Å². The Morgan fingerprint density at radius 1 is 1.12 bits per heavy atom. The molecule has 0 unspecified atom stereocenters. The molecule has 3 heteroatoms. The highest BCUT2D eigenvalue weighted by Gasteiger charge is 2.21. The maximum atomic E-state index is 5.31. The Labute approximate surface area is 103 Å². The molecule has 0 amide bonds. The van der Waals surface area contributed by atoms with Crippen LogP contribution in [-0.2, 0) is 5.41 Å². The molecule has 1 aromatic rings. The van der Waals surface area contributed by atoms with Gasteiger partial charge in [-0.15, -0.1) is 0 Å². The van der Waals surface area contributed by atoms with E-state index in [0.29, 0.717) is 0 Å². The second-order valence-electron chi connectivity index (χ2n) is 4.43. The van der Waals surface area contributed by atoms with E-state index in [4.69, 9.17) is 9.47 Å². The molecule has 0 bridgehead atoms. The average molecular weight is 240 g/mol. The maximum Gasteiger partial charge on any atom is 0.161 e. The summed E-state index contributed by atoms with van der Waals surface area (Å²) in [5.74, 6) is 2.43. The van der Waals surface area contributed by atoms with Crippen molar-refractivity contribution in [2.45, 2.75) is 25.7 Å². The highest BCUT2D eigenvalue weighted by molar-refractivity contribution is 7.80. The maximum absolute atomic E-state index is 5.31. The van der Waals surface area contributed by atoms with Crippen LogP contribution in [0.5, 0.6) is 11.5 Å². The van der Waals surface area contributed by atoms with Gasteiger partial charge in [0.25, 0.3) is 0 Å². The lowest BCUT2D eigenvalue weighted by Gasteiger charge is -2.25. The Morgan fingerprint density at radius 3 is 2.25 bits per heavy atom. The zero-order chi connectivity index (χ0) is 12.2. The van der Waals surface area contributed by atoms with Gasteiger partial charge in [0.2, 0.25) is 0 Å². The first-order valence-corrected chi connectivity index (χ1v) is 6.02. The monoisotopic (exact) mass is 240 g/mol. The number of ether oxygens (including phenoxy) is 2. The summed E-state index contributed by atoms with van der Waals surface area (Å²) >= 11 is 4.30. The number of hydrogen-bond donors (Lipinski definition) is 1. The quantitative estimate of drug-likeness (QED) is 0.796. The van der Waals surface area contributed by atoms with Gasteiger partial charge in [-0.05, 0) is 35.3 Å². The lowest BCUT2D eigenvalue weighted by Crippen LogP contribution is -2.17. The molecule has 0 saturated carbocycles. The van der Waals surface area contributed by atoms with Crippen LogP contribution in [0.1, 0.15) is 25.8 Å². The zero-order valence-corrected chi connectivity index (χ0v) is 11.3. The van der Waals surface area contributed by atoms with Crippen molar-refractivity contribution in [3.05, 3.63) is 23.8 Å². The van der Waals surface area contributed by atoms with Crippen LogP contribution in [0.25, 0.3) is 0 Å². The summed E-state index contributed by atoms with van der Waals surface area (Å²) in [5, 5.41) is 0. The summed E-state index contributed by atoms with van der Waals surface area (Å²) in [7, 11) is 3.31. The van der Waals surface area contributed by atoms with E-state index in [-0.39, 0.29) is 5.41 Å². The van der Waals surface area contributed by atoms with Gasteiger partial charge in [-0.1, -0.05) is 19.9 Å². The van der Waals surface area contributed by atoms with Crippen LogP contribution < -0.4 is 9.47 Å². The van der Waals surface area contributed by atoms with Crippen LogP contribution in [0.3, 0.4) is 0 Å². The van der Waals surface area contributed by atoms with E-state index in [1.807, 2.05) is 12.1 Å². The molecular formula is C13H20O2S. The third-order valence-electron chi connectivity index (χ3n) is 2.90. The molecule has 0 spiro atoms. The summed E-state index contributed by atoms with van der Waals surface area (Å²) in [6.45, 7) is 4.43. The van der Waals surface area contributed by atoms with Gasteiger partial charge in [0.05, 0.1) is 14.2 Å². The molecule has 0 aliphatic rings. The molecule has 0 radical (unpaired) electrons. The molecule has 0 saturated heterocycles. The zero-order valence-electron chi connectivity index (χ0n) is 10.4. The van der Waals surface area contributed by atoms with Gasteiger partial charge in [0.1, 0.15) is 0 Å². The van der Waals surface area contributed by atoms with E-state index in [2.05, 4.69) is 32.5 Å². The molecule has 0 aliphatic heterocycles. The van der Waals surface area contributed by atoms with Gasteiger partial charge in [-0.25, -0.2) is 0 Å². The van der Waals surface area contributed by atoms with Gasteiger partial charge >= 0.3 is 0 Å². The van der Waals surface area contributed by atoms with Crippen molar-refractivity contribution in [1.29, 1.82) is 0 Å². The predicted molar refractivity (Wildman–Crippen MR) is 71.0 cm³/mol.